The fourth-order valence-corrected chi connectivity index (χ4v) is 2.96. The normalized spacial score (nSPS) is 27.7. The van der Waals surface area contributed by atoms with Gasteiger partial charge in [-0.15, -0.1) is 0 Å². The van der Waals surface area contributed by atoms with Crippen molar-refractivity contribution in [2.24, 2.45) is 0 Å². The lowest BCUT2D eigenvalue weighted by atomic mass is 9.97. The van der Waals surface area contributed by atoms with E-state index in [9.17, 15) is 24.9 Å². The molecule has 8 heteroatoms. The lowest BCUT2D eigenvalue weighted by molar-refractivity contribution is -0.231. The second kappa shape index (κ2) is 7.85. The van der Waals surface area contributed by atoms with Gasteiger partial charge in [0.15, 0.2) is 12.3 Å². The lowest BCUT2D eigenvalue weighted by Crippen LogP contribution is -2.64. The van der Waals surface area contributed by atoms with Gasteiger partial charge in [0.2, 0.25) is 0 Å². The third-order valence-electron chi connectivity index (χ3n) is 4.39. The Labute approximate surface area is 154 Å². The van der Waals surface area contributed by atoms with Crippen molar-refractivity contribution >= 4 is 11.9 Å². The summed E-state index contributed by atoms with van der Waals surface area (Å²) in [5, 5.41) is 41.1. The third kappa shape index (κ3) is 3.83. The summed E-state index contributed by atoms with van der Waals surface area (Å²) in [5.74, 6) is -2.14. The molecule has 2 aromatic rings. The molecule has 0 aliphatic carbocycles. The predicted octanol–water partition coefficient (Wildman–Crippen LogP) is -0.0244. The summed E-state index contributed by atoms with van der Waals surface area (Å²) in [5.41, 5.74) is 1.72. The van der Waals surface area contributed by atoms with Crippen LogP contribution in [0.3, 0.4) is 0 Å². The molecule has 5 N–H and O–H groups in total. The van der Waals surface area contributed by atoms with E-state index in [1.807, 2.05) is 30.3 Å². The summed E-state index contributed by atoms with van der Waals surface area (Å²) in [7, 11) is 0. The fourth-order valence-electron chi connectivity index (χ4n) is 2.96. The average molecular weight is 373 g/mol. The highest BCUT2D eigenvalue weighted by Gasteiger charge is 2.47. The summed E-state index contributed by atoms with van der Waals surface area (Å²) in [6.45, 7) is 0. The number of amides is 1. The number of aliphatic carboxylic acids is 1. The van der Waals surface area contributed by atoms with Gasteiger partial charge < -0.3 is 30.5 Å². The number of carboxylic acid groups (broad SMARTS) is 1. The van der Waals surface area contributed by atoms with Crippen LogP contribution in [-0.2, 0) is 9.53 Å². The molecule has 142 valence electrons. The first-order valence-electron chi connectivity index (χ1n) is 8.28. The molecule has 1 saturated heterocycles. The van der Waals surface area contributed by atoms with E-state index in [0.717, 1.165) is 5.56 Å². The minimum Gasteiger partial charge on any atom is -0.479 e. The minimum absolute atomic E-state index is 0.284. The Morgan fingerprint density at radius 1 is 0.852 bits per heavy atom. The number of rotatable bonds is 4. The van der Waals surface area contributed by atoms with Crippen LogP contribution in [0.5, 0.6) is 0 Å². The zero-order chi connectivity index (χ0) is 19.6. The molecule has 1 fully saturated rings. The van der Waals surface area contributed by atoms with E-state index in [4.69, 9.17) is 9.84 Å². The average Bonchev–Trinajstić information content (AvgIpc) is 2.68. The monoisotopic (exact) mass is 373 g/mol. The third-order valence-corrected chi connectivity index (χ3v) is 4.39. The van der Waals surface area contributed by atoms with Crippen LogP contribution in [0.4, 0.5) is 0 Å². The molecule has 27 heavy (non-hydrogen) atoms. The Kier molecular flexibility index (Phi) is 5.52. The number of hydrogen-bond acceptors (Lipinski definition) is 6. The number of aliphatic hydroxyl groups excluding tert-OH is 3. The zero-order valence-electron chi connectivity index (χ0n) is 14.1. The molecule has 3 unspecified atom stereocenters. The first-order valence-corrected chi connectivity index (χ1v) is 8.28. The second-order valence-electron chi connectivity index (χ2n) is 6.17. The quantitative estimate of drug-likeness (QED) is 0.508. The number of ether oxygens (including phenoxy) is 1. The molecule has 3 rings (SSSR count). The van der Waals surface area contributed by atoms with Crippen LogP contribution in [0.15, 0.2) is 54.6 Å². The minimum atomic E-state index is -1.82. The SMILES string of the molecule is O=C(N[C@@H]1OC(C(=O)O)[C@@H](O)C(O)C1O)c1ccccc1-c1ccccc1. The maximum Gasteiger partial charge on any atom is 0.335 e. The van der Waals surface area contributed by atoms with Crippen molar-refractivity contribution in [2.45, 2.75) is 30.6 Å². The topological polar surface area (TPSA) is 136 Å². The molecule has 2 aromatic carbocycles. The maximum atomic E-state index is 12.7. The highest BCUT2D eigenvalue weighted by atomic mass is 16.6. The number of aliphatic hydroxyl groups is 3. The van der Waals surface area contributed by atoms with Crippen molar-refractivity contribution < 1.29 is 34.8 Å². The summed E-state index contributed by atoms with van der Waals surface area (Å²) in [4.78, 5) is 23.9. The predicted molar refractivity (Wildman–Crippen MR) is 93.7 cm³/mol. The molecule has 0 saturated carbocycles. The van der Waals surface area contributed by atoms with Crippen LogP contribution in [0.1, 0.15) is 10.4 Å². The Morgan fingerprint density at radius 2 is 1.48 bits per heavy atom. The molecule has 0 bridgehead atoms. The van der Waals surface area contributed by atoms with Crippen molar-refractivity contribution in [1.29, 1.82) is 0 Å². The molecule has 1 heterocycles. The molecule has 1 aliphatic heterocycles. The number of carboxylic acids is 1. The van der Waals surface area contributed by atoms with Gasteiger partial charge in [-0.2, -0.15) is 0 Å². The van der Waals surface area contributed by atoms with Gasteiger partial charge in [0.25, 0.3) is 5.91 Å². The first kappa shape index (κ1) is 19.0. The Bertz CT molecular complexity index is 826. The van der Waals surface area contributed by atoms with Crippen LogP contribution in [-0.4, -0.2) is 62.9 Å². The molecule has 0 radical (unpaired) electrons. The van der Waals surface area contributed by atoms with Crippen LogP contribution >= 0.6 is 0 Å². The number of hydrogen-bond donors (Lipinski definition) is 5. The van der Waals surface area contributed by atoms with E-state index in [1.54, 1.807) is 24.3 Å². The van der Waals surface area contributed by atoms with E-state index in [-0.39, 0.29) is 5.56 Å². The van der Waals surface area contributed by atoms with Crippen LogP contribution in [0.25, 0.3) is 11.1 Å². The van der Waals surface area contributed by atoms with Gasteiger partial charge in [0.1, 0.15) is 18.3 Å². The maximum absolute atomic E-state index is 12.7. The highest BCUT2D eigenvalue weighted by Crippen LogP contribution is 2.25. The largest absolute Gasteiger partial charge is 0.479 e. The molecule has 0 aromatic heterocycles. The number of carbonyl (C=O) groups is 2. The van der Waals surface area contributed by atoms with Crippen LogP contribution < -0.4 is 5.32 Å². The van der Waals surface area contributed by atoms with E-state index >= 15 is 0 Å². The molecule has 8 nitrogen and oxygen atoms in total. The Hall–Kier alpha value is -2.78. The molecule has 0 spiro atoms. The van der Waals surface area contributed by atoms with Gasteiger partial charge >= 0.3 is 5.97 Å². The molecule has 1 amide bonds. The number of nitrogens with one attached hydrogen (secondary N) is 1. The van der Waals surface area contributed by atoms with Crippen molar-refractivity contribution in [1.82, 2.24) is 5.32 Å². The van der Waals surface area contributed by atoms with Gasteiger partial charge in [0, 0.05) is 5.56 Å². The Balaban J connectivity index is 1.85. The van der Waals surface area contributed by atoms with Crippen molar-refractivity contribution in [3.63, 3.8) is 0 Å². The smallest absolute Gasteiger partial charge is 0.335 e. The Morgan fingerprint density at radius 3 is 2.15 bits per heavy atom. The van der Waals surface area contributed by atoms with Crippen LogP contribution in [0.2, 0.25) is 0 Å². The lowest BCUT2D eigenvalue weighted by Gasteiger charge is -2.39. The molecular weight excluding hydrogens is 354 g/mol. The van der Waals surface area contributed by atoms with Crippen molar-refractivity contribution in [2.75, 3.05) is 0 Å². The number of benzene rings is 2. The van der Waals surface area contributed by atoms with Crippen LogP contribution in [0, 0.1) is 0 Å². The van der Waals surface area contributed by atoms with Gasteiger partial charge in [-0.1, -0.05) is 48.5 Å². The fraction of sp³-hybridized carbons (Fsp3) is 0.263. The summed E-state index contributed by atoms with van der Waals surface area (Å²) < 4.78 is 5.09. The van der Waals surface area contributed by atoms with Gasteiger partial charge in [-0.3, -0.25) is 4.79 Å². The standard InChI is InChI=1S/C19H19NO7/c21-13-14(22)16(19(25)26)27-18(15(13)23)20-17(24)12-9-5-4-8-11(12)10-6-2-1-3-7-10/h1-9,13-16,18,21-23H,(H,20,24)(H,25,26)/t13?,14-,15?,16?,18+/m0/s1. The molecule has 1 aliphatic rings. The molecule has 5 atom stereocenters. The van der Waals surface area contributed by atoms with Crippen molar-refractivity contribution in [3.8, 4) is 11.1 Å². The van der Waals surface area contributed by atoms with Gasteiger partial charge in [-0.25, -0.2) is 4.79 Å². The highest BCUT2D eigenvalue weighted by molar-refractivity contribution is 6.01. The van der Waals surface area contributed by atoms with E-state index in [2.05, 4.69) is 5.32 Å². The van der Waals surface area contributed by atoms with E-state index < -0.39 is 42.5 Å². The van der Waals surface area contributed by atoms with E-state index in [1.165, 1.54) is 0 Å². The summed E-state index contributed by atoms with van der Waals surface area (Å²) >= 11 is 0. The second-order valence-corrected chi connectivity index (χ2v) is 6.17. The summed E-state index contributed by atoms with van der Waals surface area (Å²) in [6.07, 6.45) is -8.57. The molecular formula is C19H19NO7. The van der Waals surface area contributed by atoms with Gasteiger partial charge in [-0.05, 0) is 17.2 Å². The zero-order valence-corrected chi connectivity index (χ0v) is 14.1. The summed E-state index contributed by atoms with van der Waals surface area (Å²) in [6, 6.07) is 15.9. The van der Waals surface area contributed by atoms with Gasteiger partial charge in [0.05, 0.1) is 0 Å². The van der Waals surface area contributed by atoms with Crippen molar-refractivity contribution in [3.05, 3.63) is 60.2 Å². The van der Waals surface area contributed by atoms with E-state index in [0.29, 0.717) is 5.56 Å². The number of carbonyl (C=O) groups excluding carboxylic acids is 1. The first-order chi connectivity index (χ1) is 12.9.